The molecular weight excluding hydrogens is 588 g/mol. The summed E-state index contributed by atoms with van der Waals surface area (Å²) in [6, 6.07) is 8.60. The molecule has 4 heterocycles. The highest BCUT2D eigenvalue weighted by atomic mass is 79.9. The van der Waals surface area contributed by atoms with Crippen molar-refractivity contribution in [3.05, 3.63) is 82.1 Å². The quantitative estimate of drug-likeness (QED) is 0.386. The summed E-state index contributed by atoms with van der Waals surface area (Å²) in [4.78, 5) is 36.8. The molecule has 38 heavy (non-hydrogen) atoms. The van der Waals surface area contributed by atoms with Crippen molar-refractivity contribution in [3.63, 3.8) is 0 Å². The van der Waals surface area contributed by atoms with Crippen molar-refractivity contribution < 1.29 is 9.21 Å². The van der Waals surface area contributed by atoms with E-state index in [0.717, 1.165) is 41.9 Å². The van der Waals surface area contributed by atoms with Crippen molar-refractivity contribution in [2.45, 2.75) is 46.1 Å². The first-order valence-corrected chi connectivity index (χ1v) is 14.9. The first-order chi connectivity index (χ1) is 18.3. The normalized spacial score (nSPS) is 18.0. The molecule has 0 spiro atoms. The number of furan rings is 1. The van der Waals surface area contributed by atoms with Crippen molar-refractivity contribution in [1.82, 2.24) is 9.47 Å². The molecule has 3 aromatic rings. The third-order valence-corrected chi connectivity index (χ3v) is 8.90. The third kappa shape index (κ3) is 5.03. The Kier molecular flexibility index (Phi) is 7.98. The van der Waals surface area contributed by atoms with Crippen LogP contribution >= 0.6 is 38.9 Å². The van der Waals surface area contributed by atoms with Crippen molar-refractivity contribution in [2.24, 2.45) is 4.99 Å². The fourth-order valence-electron chi connectivity index (χ4n) is 5.13. The highest BCUT2D eigenvalue weighted by molar-refractivity contribution is 9.10. The van der Waals surface area contributed by atoms with Crippen LogP contribution in [0.2, 0.25) is 5.02 Å². The van der Waals surface area contributed by atoms with E-state index in [4.69, 9.17) is 21.0 Å². The molecule has 0 bridgehead atoms. The van der Waals surface area contributed by atoms with Gasteiger partial charge in [0.1, 0.15) is 5.76 Å². The maximum absolute atomic E-state index is 13.9. The van der Waals surface area contributed by atoms with E-state index in [0.29, 0.717) is 44.5 Å². The van der Waals surface area contributed by atoms with Gasteiger partial charge >= 0.3 is 0 Å². The van der Waals surface area contributed by atoms with Crippen LogP contribution in [0.5, 0.6) is 0 Å². The molecule has 200 valence electrons. The van der Waals surface area contributed by atoms with E-state index in [9.17, 15) is 9.59 Å². The second-order valence-electron chi connectivity index (χ2n) is 9.46. The molecule has 1 aromatic carbocycles. The molecule has 1 amide bonds. The van der Waals surface area contributed by atoms with E-state index >= 15 is 0 Å². The Hall–Kier alpha value is -2.62. The number of hydrogen-bond donors (Lipinski definition) is 0. The first kappa shape index (κ1) is 27.0. The predicted molar refractivity (Wildman–Crippen MR) is 156 cm³/mol. The molecule has 0 aliphatic carbocycles. The standard InChI is InChI=1S/C28H30BrClN4O3S/c1-4-32(5-2)26(36)23-17(3)31-28-34(24(23)18-9-11-19(30)12-10-18)25(35)22(38-28)16-20-15-21(29)27(37-20)33-13-7-6-8-14-33/h9-12,15-16,24H,4-8,13-14H2,1-3H3/b22-16+/t24-/m0/s1. The molecule has 0 radical (unpaired) electrons. The van der Waals surface area contributed by atoms with Gasteiger partial charge < -0.3 is 14.2 Å². The van der Waals surface area contributed by atoms with E-state index < -0.39 is 6.04 Å². The lowest BCUT2D eigenvalue weighted by Crippen LogP contribution is -2.43. The SMILES string of the molecule is CCN(CC)C(=O)C1=C(C)N=c2s/c(=C/c3cc(Br)c(N4CCCCC4)o3)c(=O)n2[C@H]1c1ccc(Cl)cc1. The minimum atomic E-state index is -0.606. The van der Waals surface area contributed by atoms with Gasteiger partial charge in [-0.3, -0.25) is 14.2 Å². The van der Waals surface area contributed by atoms with Gasteiger partial charge in [-0.05, 0) is 73.7 Å². The minimum absolute atomic E-state index is 0.119. The number of fused-ring (bicyclic) bond motifs is 1. The molecular formula is C28H30BrClN4O3S. The summed E-state index contributed by atoms with van der Waals surface area (Å²) in [5.41, 5.74) is 1.71. The fraction of sp³-hybridized carbons (Fsp3) is 0.393. The Bertz CT molecular complexity index is 1560. The number of likely N-dealkylation sites (N-methyl/N-ethyl adjacent to an activating group) is 1. The number of hydrogen-bond acceptors (Lipinski definition) is 6. The average molecular weight is 618 g/mol. The number of halogens is 2. The number of thiazole rings is 1. The van der Waals surface area contributed by atoms with E-state index in [-0.39, 0.29) is 11.5 Å². The van der Waals surface area contributed by atoms with Crippen molar-refractivity contribution >= 4 is 56.7 Å². The van der Waals surface area contributed by atoms with Crippen molar-refractivity contribution in [3.8, 4) is 0 Å². The van der Waals surface area contributed by atoms with Crippen LogP contribution in [0.1, 0.15) is 57.4 Å². The van der Waals surface area contributed by atoms with Crippen LogP contribution in [-0.4, -0.2) is 41.6 Å². The Balaban J connectivity index is 1.63. The number of piperidine rings is 1. The van der Waals surface area contributed by atoms with Gasteiger partial charge in [-0.25, -0.2) is 4.99 Å². The van der Waals surface area contributed by atoms with Crippen LogP contribution in [-0.2, 0) is 4.79 Å². The summed E-state index contributed by atoms with van der Waals surface area (Å²) in [7, 11) is 0. The molecule has 1 saturated heterocycles. The lowest BCUT2D eigenvalue weighted by atomic mass is 9.94. The zero-order chi connectivity index (χ0) is 27.0. The summed E-state index contributed by atoms with van der Waals surface area (Å²) in [5, 5.41) is 0.589. The second kappa shape index (κ2) is 11.2. The van der Waals surface area contributed by atoms with E-state index in [1.54, 1.807) is 27.7 Å². The summed E-state index contributed by atoms with van der Waals surface area (Å²) in [6.45, 7) is 8.78. The molecule has 1 atom stereocenters. The first-order valence-electron chi connectivity index (χ1n) is 12.9. The molecule has 1 fully saturated rings. The highest BCUT2D eigenvalue weighted by Gasteiger charge is 2.34. The largest absolute Gasteiger partial charge is 0.440 e. The number of amides is 1. The molecule has 5 rings (SSSR count). The molecule has 0 N–H and O–H groups in total. The monoisotopic (exact) mass is 616 g/mol. The van der Waals surface area contributed by atoms with Crippen molar-refractivity contribution in [2.75, 3.05) is 31.1 Å². The Labute approximate surface area is 238 Å². The van der Waals surface area contributed by atoms with Crippen LogP contribution in [0.15, 0.2) is 60.3 Å². The topological polar surface area (TPSA) is 71.1 Å². The highest BCUT2D eigenvalue weighted by Crippen LogP contribution is 2.33. The molecule has 0 saturated carbocycles. The number of nitrogens with zero attached hydrogens (tertiary/aromatic N) is 4. The summed E-state index contributed by atoms with van der Waals surface area (Å²) in [5.74, 6) is 1.28. The van der Waals surface area contributed by atoms with Crippen molar-refractivity contribution in [1.29, 1.82) is 0 Å². The van der Waals surface area contributed by atoms with Crippen LogP contribution in [0.25, 0.3) is 6.08 Å². The number of benzene rings is 1. The van der Waals surface area contributed by atoms with E-state index in [2.05, 4.69) is 20.8 Å². The van der Waals surface area contributed by atoms with Gasteiger partial charge in [0.2, 0.25) is 5.88 Å². The molecule has 10 heteroatoms. The molecule has 2 aliphatic rings. The summed E-state index contributed by atoms with van der Waals surface area (Å²) >= 11 is 11.1. The van der Waals surface area contributed by atoms with Gasteiger partial charge in [-0.15, -0.1) is 0 Å². The minimum Gasteiger partial charge on any atom is -0.440 e. The maximum atomic E-state index is 13.9. The van der Waals surface area contributed by atoms with Gasteiger partial charge in [0.25, 0.3) is 11.5 Å². The number of carbonyl (C=O) groups is 1. The Morgan fingerprint density at radius 2 is 1.89 bits per heavy atom. The van der Waals surface area contributed by atoms with Gasteiger partial charge in [0.15, 0.2) is 4.80 Å². The van der Waals surface area contributed by atoms with E-state index in [1.165, 1.54) is 17.8 Å². The molecule has 7 nitrogen and oxygen atoms in total. The smallest absolute Gasteiger partial charge is 0.271 e. The van der Waals surface area contributed by atoms with Crippen LogP contribution in [0.3, 0.4) is 0 Å². The zero-order valence-electron chi connectivity index (χ0n) is 21.7. The lowest BCUT2D eigenvalue weighted by molar-refractivity contribution is -0.127. The number of anilines is 1. The zero-order valence-corrected chi connectivity index (χ0v) is 24.8. The van der Waals surface area contributed by atoms with Crippen LogP contribution in [0, 0.1) is 0 Å². The number of carbonyl (C=O) groups excluding carboxylic acids is 1. The number of allylic oxidation sites excluding steroid dienone is 1. The third-order valence-electron chi connectivity index (χ3n) is 7.09. The molecule has 2 aliphatic heterocycles. The average Bonchev–Trinajstić information content (AvgIpc) is 3.43. The van der Waals surface area contributed by atoms with Crippen LogP contribution < -0.4 is 19.8 Å². The summed E-state index contributed by atoms with van der Waals surface area (Å²) < 4.78 is 9.18. The molecule has 2 aromatic heterocycles. The maximum Gasteiger partial charge on any atom is 0.271 e. The molecule has 0 unspecified atom stereocenters. The van der Waals surface area contributed by atoms with E-state index in [1.807, 2.05) is 39.0 Å². The number of rotatable bonds is 6. The van der Waals surface area contributed by atoms with Gasteiger partial charge in [0.05, 0.1) is 26.3 Å². The second-order valence-corrected chi connectivity index (χ2v) is 11.8. The summed E-state index contributed by atoms with van der Waals surface area (Å²) in [6.07, 6.45) is 5.28. The van der Waals surface area contributed by atoms with Gasteiger partial charge in [0, 0.05) is 43.3 Å². The Morgan fingerprint density at radius 3 is 2.55 bits per heavy atom. The predicted octanol–water partition coefficient (Wildman–Crippen LogP) is 5.10. The van der Waals surface area contributed by atoms with Gasteiger partial charge in [-0.1, -0.05) is 35.1 Å². The van der Waals surface area contributed by atoms with Gasteiger partial charge in [-0.2, -0.15) is 0 Å². The lowest BCUT2D eigenvalue weighted by Gasteiger charge is -2.29. The fourth-order valence-corrected chi connectivity index (χ4v) is 6.84. The number of aromatic nitrogens is 1. The Morgan fingerprint density at radius 1 is 1.21 bits per heavy atom. The van der Waals surface area contributed by atoms with Crippen LogP contribution in [0.4, 0.5) is 5.88 Å².